The van der Waals surface area contributed by atoms with E-state index in [1.54, 1.807) is 36.4 Å². The van der Waals surface area contributed by atoms with E-state index in [0.717, 1.165) is 5.56 Å². The quantitative estimate of drug-likeness (QED) is 0.372. The second kappa shape index (κ2) is 10.8. The fraction of sp³-hybridized carbons (Fsp3) is 0.233. The van der Waals surface area contributed by atoms with Crippen LogP contribution in [-0.4, -0.2) is 52.8 Å². The molecule has 3 aromatic carbocycles. The van der Waals surface area contributed by atoms with Crippen LogP contribution in [0.15, 0.2) is 65.5 Å². The van der Waals surface area contributed by atoms with E-state index in [2.05, 4.69) is 4.98 Å². The highest BCUT2D eigenvalue weighted by Crippen LogP contribution is 2.36. The molecule has 206 valence electrons. The molecule has 4 aromatic rings. The van der Waals surface area contributed by atoms with Gasteiger partial charge in [0.2, 0.25) is 5.88 Å². The summed E-state index contributed by atoms with van der Waals surface area (Å²) in [5.41, 5.74) is 0.0646. The predicted molar refractivity (Wildman–Crippen MR) is 144 cm³/mol. The van der Waals surface area contributed by atoms with Crippen molar-refractivity contribution in [2.24, 2.45) is 0 Å². The van der Waals surface area contributed by atoms with E-state index in [-0.39, 0.29) is 48.1 Å². The number of benzene rings is 3. The van der Waals surface area contributed by atoms with Gasteiger partial charge >= 0.3 is 0 Å². The monoisotopic (exact) mass is 547 g/mol. The zero-order valence-electron chi connectivity index (χ0n) is 22.1. The molecule has 1 fully saturated rings. The molecule has 0 bridgehead atoms. The third-order valence-corrected chi connectivity index (χ3v) is 7.06. The van der Waals surface area contributed by atoms with Gasteiger partial charge in [-0.2, -0.15) is 4.98 Å². The maximum absolute atomic E-state index is 14.4. The van der Waals surface area contributed by atoms with E-state index in [9.17, 15) is 23.5 Å². The molecular formula is C30H27F2N3O5. The third kappa shape index (κ3) is 4.66. The number of halogens is 2. The van der Waals surface area contributed by atoms with Crippen LogP contribution in [0, 0.1) is 18.6 Å². The van der Waals surface area contributed by atoms with Crippen molar-refractivity contribution in [2.45, 2.75) is 19.3 Å². The molecule has 1 aliphatic rings. The van der Waals surface area contributed by atoms with Gasteiger partial charge in [0.15, 0.2) is 11.4 Å². The minimum Gasteiger partial charge on any atom is -0.494 e. The number of carbonyl (C=O) groups excluding carboxylic acids is 1. The van der Waals surface area contributed by atoms with Crippen molar-refractivity contribution in [1.82, 2.24) is 14.5 Å². The summed E-state index contributed by atoms with van der Waals surface area (Å²) in [4.78, 5) is 33.4. The Morgan fingerprint density at radius 1 is 1.00 bits per heavy atom. The first-order valence-corrected chi connectivity index (χ1v) is 12.6. The van der Waals surface area contributed by atoms with Crippen molar-refractivity contribution < 1.29 is 28.2 Å². The number of aromatic hydroxyl groups is 1. The maximum Gasteiger partial charge on any atom is 0.275 e. The molecule has 10 heteroatoms. The summed E-state index contributed by atoms with van der Waals surface area (Å²) in [6.07, 6.45) is 0.285. The molecule has 1 N–H and O–H groups in total. The van der Waals surface area contributed by atoms with Crippen LogP contribution >= 0.6 is 0 Å². The normalized spacial score (nSPS) is 14.8. The van der Waals surface area contributed by atoms with Gasteiger partial charge in [-0.25, -0.2) is 8.78 Å². The molecule has 1 unspecified atom stereocenters. The number of ether oxygens (including phenoxy) is 2. The summed E-state index contributed by atoms with van der Waals surface area (Å²) < 4.78 is 41.1. The minimum absolute atomic E-state index is 0.0345. The Bertz CT molecular complexity index is 1630. The van der Waals surface area contributed by atoms with E-state index in [1.807, 2.05) is 13.0 Å². The summed E-state index contributed by atoms with van der Waals surface area (Å²) in [6.45, 7) is 1.97. The molecule has 5 rings (SSSR count). The molecule has 1 saturated heterocycles. The van der Waals surface area contributed by atoms with E-state index in [0.29, 0.717) is 5.56 Å². The molecular weight excluding hydrogens is 520 g/mol. The first-order valence-electron chi connectivity index (χ1n) is 12.6. The number of likely N-dealkylation sites (tertiary alicyclic amines) is 1. The van der Waals surface area contributed by atoms with Crippen LogP contribution in [0.25, 0.3) is 17.1 Å². The zero-order chi connectivity index (χ0) is 28.6. The van der Waals surface area contributed by atoms with Gasteiger partial charge in [-0.15, -0.1) is 0 Å². The van der Waals surface area contributed by atoms with Crippen LogP contribution in [0.5, 0.6) is 17.4 Å². The van der Waals surface area contributed by atoms with Gasteiger partial charge in [-0.05, 0) is 43.7 Å². The summed E-state index contributed by atoms with van der Waals surface area (Å²) in [6, 6.07) is 15.7. The molecule has 2 heterocycles. The number of hydrogen-bond acceptors (Lipinski definition) is 6. The zero-order valence-corrected chi connectivity index (χ0v) is 22.1. The molecule has 40 heavy (non-hydrogen) atoms. The number of rotatable bonds is 6. The number of nitrogens with zero attached hydrogens (tertiary/aromatic N) is 3. The molecule has 1 aliphatic heterocycles. The number of hydrogen-bond donors (Lipinski definition) is 1. The summed E-state index contributed by atoms with van der Waals surface area (Å²) in [5, 5.41) is 11.0. The SMILES string of the molecule is COc1cccc(OC)c1-n1c(-c2cccc(C)c2)nc(O)c(C(=O)N2CCC(c3c(F)cccc3F)C2)c1=O. The third-order valence-electron chi connectivity index (χ3n) is 7.06. The average Bonchev–Trinajstić information content (AvgIpc) is 3.42. The Morgan fingerprint density at radius 2 is 1.62 bits per heavy atom. The summed E-state index contributed by atoms with van der Waals surface area (Å²) in [5.74, 6) is -2.93. The fourth-order valence-electron chi connectivity index (χ4n) is 5.17. The van der Waals surface area contributed by atoms with Crippen molar-refractivity contribution in [2.75, 3.05) is 27.3 Å². The maximum atomic E-state index is 14.4. The van der Waals surface area contributed by atoms with Crippen molar-refractivity contribution >= 4 is 5.91 Å². The van der Waals surface area contributed by atoms with Crippen LogP contribution in [-0.2, 0) is 0 Å². The van der Waals surface area contributed by atoms with E-state index in [1.165, 1.54) is 41.9 Å². The molecule has 0 spiro atoms. The first-order chi connectivity index (χ1) is 19.2. The second-order valence-corrected chi connectivity index (χ2v) is 9.53. The lowest BCUT2D eigenvalue weighted by molar-refractivity contribution is 0.0784. The molecule has 0 saturated carbocycles. The smallest absolute Gasteiger partial charge is 0.275 e. The Morgan fingerprint density at radius 3 is 2.25 bits per heavy atom. The standard InChI is InChI=1S/C30H27F2N3O5/c1-17-7-4-8-18(15-17)27-33-28(36)25(30(38)35(27)26-22(39-2)11-6-12-23(26)40-3)29(37)34-14-13-19(16-34)24-20(31)9-5-10-21(24)32/h4-12,15,19,36H,13-14,16H2,1-3H3. The lowest BCUT2D eigenvalue weighted by Gasteiger charge is -2.21. The Kier molecular flexibility index (Phi) is 7.25. The average molecular weight is 548 g/mol. The largest absolute Gasteiger partial charge is 0.494 e. The van der Waals surface area contributed by atoms with Crippen LogP contribution in [0.4, 0.5) is 8.78 Å². The Hall–Kier alpha value is -4.73. The highest BCUT2D eigenvalue weighted by molar-refractivity contribution is 5.96. The van der Waals surface area contributed by atoms with Gasteiger partial charge in [0, 0.05) is 30.1 Å². The lowest BCUT2D eigenvalue weighted by Crippen LogP contribution is -2.36. The van der Waals surface area contributed by atoms with Crippen molar-refractivity contribution in [3.63, 3.8) is 0 Å². The van der Waals surface area contributed by atoms with Crippen LogP contribution in [0.1, 0.15) is 33.8 Å². The number of aromatic nitrogens is 2. The molecule has 0 aliphatic carbocycles. The second-order valence-electron chi connectivity index (χ2n) is 9.53. The van der Waals surface area contributed by atoms with Crippen LogP contribution < -0.4 is 15.0 Å². The van der Waals surface area contributed by atoms with Crippen molar-refractivity contribution in [3.8, 4) is 34.5 Å². The van der Waals surface area contributed by atoms with Gasteiger partial charge in [0.05, 0.1) is 14.2 Å². The van der Waals surface area contributed by atoms with Gasteiger partial charge in [-0.1, -0.05) is 35.9 Å². The van der Waals surface area contributed by atoms with E-state index in [4.69, 9.17) is 9.47 Å². The van der Waals surface area contributed by atoms with Crippen LogP contribution in [0.3, 0.4) is 0 Å². The van der Waals surface area contributed by atoms with Crippen molar-refractivity contribution in [1.29, 1.82) is 0 Å². The number of carbonyl (C=O) groups is 1. The molecule has 1 amide bonds. The number of methoxy groups -OCH3 is 2. The Balaban J connectivity index is 1.67. The molecule has 0 radical (unpaired) electrons. The first kappa shape index (κ1) is 26.9. The highest BCUT2D eigenvalue weighted by Gasteiger charge is 2.35. The number of amides is 1. The van der Waals surface area contributed by atoms with Gasteiger partial charge in [0.1, 0.15) is 28.8 Å². The van der Waals surface area contributed by atoms with Crippen molar-refractivity contribution in [3.05, 3.63) is 99.3 Å². The summed E-state index contributed by atoms with van der Waals surface area (Å²) >= 11 is 0. The van der Waals surface area contributed by atoms with Crippen LogP contribution in [0.2, 0.25) is 0 Å². The number of para-hydroxylation sites is 1. The molecule has 1 atom stereocenters. The number of aryl methyl sites for hydroxylation is 1. The highest BCUT2D eigenvalue weighted by atomic mass is 19.1. The van der Waals surface area contributed by atoms with E-state index >= 15 is 0 Å². The summed E-state index contributed by atoms with van der Waals surface area (Å²) in [7, 11) is 2.86. The fourth-order valence-corrected chi connectivity index (χ4v) is 5.17. The van der Waals surface area contributed by atoms with Gasteiger partial charge in [0.25, 0.3) is 11.5 Å². The minimum atomic E-state index is -0.850. The lowest BCUT2D eigenvalue weighted by atomic mass is 9.97. The molecule has 1 aromatic heterocycles. The van der Waals surface area contributed by atoms with E-state index < -0.39 is 40.5 Å². The Labute approximate surface area is 229 Å². The molecule has 8 nitrogen and oxygen atoms in total. The van der Waals surface area contributed by atoms with Gasteiger partial charge < -0.3 is 19.5 Å². The van der Waals surface area contributed by atoms with Gasteiger partial charge in [-0.3, -0.25) is 14.2 Å². The predicted octanol–water partition coefficient (Wildman–Crippen LogP) is 4.84. The topological polar surface area (TPSA) is 93.9 Å².